The third-order valence-corrected chi connectivity index (χ3v) is 9.88. The topological polar surface area (TPSA) is 0 Å². The molecule has 0 saturated heterocycles. The van der Waals surface area contributed by atoms with Gasteiger partial charge in [-0.15, -0.1) is 0 Å². The van der Waals surface area contributed by atoms with Gasteiger partial charge in [-0.05, 0) is 117 Å². The van der Waals surface area contributed by atoms with Gasteiger partial charge in [-0.3, -0.25) is 0 Å². The van der Waals surface area contributed by atoms with Gasteiger partial charge in [-0.1, -0.05) is 77.6 Å². The van der Waals surface area contributed by atoms with Gasteiger partial charge in [0, 0.05) is 0 Å². The molecule has 0 radical (unpaired) electrons. The summed E-state index contributed by atoms with van der Waals surface area (Å²) in [5.74, 6) is 0. The first-order valence-electron chi connectivity index (χ1n) is 13.0. The lowest BCUT2D eigenvalue weighted by Gasteiger charge is -2.27. The summed E-state index contributed by atoms with van der Waals surface area (Å²) in [6, 6.07) is 9.90. The van der Waals surface area contributed by atoms with Crippen molar-refractivity contribution in [3.63, 3.8) is 0 Å². The van der Waals surface area contributed by atoms with Crippen molar-refractivity contribution in [1.29, 1.82) is 0 Å². The summed E-state index contributed by atoms with van der Waals surface area (Å²) in [7, 11) is -0.294. The van der Waals surface area contributed by atoms with Gasteiger partial charge in [0.2, 0.25) is 0 Å². The minimum absolute atomic E-state index is 0.294. The van der Waals surface area contributed by atoms with Crippen LogP contribution >= 0.6 is 7.92 Å². The predicted octanol–water partition coefficient (Wildman–Crippen LogP) is 8.48. The molecule has 1 atom stereocenters. The van der Waals surface area contributed by atoms with E-state index in [0.29, 0.717) is 0 Å². The SMILES string of the molecule is CCCCc1ccc(P(CCC)c2ccc(C)c(C)c2C)c(CCCC)c1CCCC. The molecule has 0 heterocycles. The minimum atomic E-state index is -0.294. The van der Waals surface area contributed by atoms with E-state index in [0.717, 1.165) is 0 Å². The highest BCUT2D eigenvalue weighted by Crippen LogP contribution is 2.39. The van der Waals surface area contributed by atoms with Crippen molar-refractivity contribution in [3.05, 3.63) is 57.6 Å². The standard InChI is InChI=1S/C30H47P/c1-8-12-15-26-19-21-30(28(17-14-10-3)27(26)16-13-9-2)31(22-11-4)29-20-18-23(5)24(6)25(29)7/h18-21H,8-17,22H2,1-7H3. The number of rotatable bonds is 13. The molecule has 0 bridgehead atoms. The van der Waals surface area contributed by atoms with Gasteiger partial charge in [0.1, 0.15) is 0 Å². The molecule has 31 heavy (non-hydrogen) atoms. The van der Waals surface area contributed by atoms with Crippen LogP contribution in [0.4, 0.5) is 0 Å². The van der Waals surface area contributed by atoms with E-state index in [1.807, 2.05) is 0 Å². The van der Waals surface area contributed by atoms with E-state index in [1.54, 1.807) is 27.3 Å². The third kappa shape index (κ3) is 6.68. The van der Waals surface area contributed by atoms with E-state index in [1.165, 1.54) is 87.1 Å². The molecule has 0 aromatic heterocycles. The zero-order valence-corrected chi connectivity index (χ0v) is 22.4. The molecule has 0 aliphatic heterocycles. The summed E-state index contributed by atoms with van der Waals surface area (Å²) in [6.07, 6.45) is 14.1. The highest BCUT2D eigenvalue weighted by atomic mass is 31.1. The molecule has 0 aliphatic rings. The average Bonchev–Trinajstić information content (AvgIpc) is 2.77. The molecule has 0 nitrogen and oxygen atoms in total. The maximum absolute atomic E-state index is 2.56. The van der Waals surface area contributed by atoms with Crippen LogP contribution in [0.15, 0.2) is 24.3 Å². The Hall–Kier alpha value is -1.13. The van der Waals surface area contributed by atoms with E-state index in [2.05, 4.69) is 72.7 Å². The minimum Gasteiger partial charge on any atom is -0.0654 e. The fourth-order valence-corrected chi connectivity index (χ4v) is 7.55. The van der Waals surface area contributed by atoms with Crippen molar-refractivity contribution in [2.75, 3.05) is 6.16 Å². The van der Waals surface area contributed by atoms with Crippen LogP contribution in [0.25, 0.3) is 0 Å². The van der Waals surface area contributed by atoms with Crippen LogP contribution < -0.4 is 10.6 Å². The molecule has 2 aromatic rings. The summed E-state index contributed by atoms with van der Waals surface area (Å²) in [5, 5.41) is 3.32. The molecule has 0 aliphatic carbocycles. The number of hydrogen-bond donors (Lipinski definition) is 0. The Morgan fingerprint density at radius 2 is 1.16 bits per heavy atom. The molecular formula is C30H47P. The van der Waals surface area contributed by atoms with Gasteiger partial charge in [-0.25, -0.2) is 0 Å². The Balaban J connectivity index is 2.67. The van der Waals surface area contributed by atoms with Crippen molar-refractivity contribution in [2.45, 2.75) is 113 Å². The summed E-state index contributed by atoms with van der Waals surface area (Å²) >= 11 is 0. The van der Waals surface area contributed by atoms with Crippen molar-refractivity contribution >= 4 is 18.5 Å². The summed E-state index contributed by atoms with van der Waals surface area (Å²) < 4.78 is 0. The molecule has 1 heteroatoms. The lowest BCUT2D eigenvalue weighted by molar-refractivity contribution is 0.737. The molecule has 0 fully saturated rings. The first kappa shape index (κ1) is 26.1. The van der Waals surface area contributed by atoms with Crippen LogP contribution in [0.3, 0.4) is 0 Å². The second-order valence-electron chi connectivity index (χ2n) is 9.31. The van der Waals surface area contributed by atoms with Crippen molar-refractivity contribution in [1.82, 2.24) is 0 Å². The van der Waals surface area contributed by atoms with E-state index >= 15 is 0 Å². The van der Waals surface area contributed by atoms with Crippen molar-refractivity contribution in [2.24, 2.45) is 0 Å². The number of benzene rings is 2. The first-order chi connectivity index (χ1) is 15.0. The zero-order valence-electron chi connectivity index (χ0n) is 21.5. The van der Waals surface area contributed by atoms with Gasteiger partial charge in [0.15, 0.2) is 0 Å². The van der Waals surface area contributed by atoms with Gasteiger partial charge in [0.25, 0.3) is 0 Å². The van der Waals surface area contributed by atoms with Crippen LogP contribution in [-0.4, -0.2) is 6.16 Å². The summed E-state index contributed by atoms with van der Waals surface area (Å²) in [5.41, 5.74) is 9.56. The molecule has 2 aromatic carbocycles. The Morgan fingerprint density at radius 1 is 0.581 bits per heavy atom. The molecule has 172 valence electrons. The van der Waals surface area contributed by atoms with Crippen molar-refractivity contribution < 1.29 is 0 Å². The molecule has 2 rings (SSSR count). The number of hydrogen-bond acceptors (Lipinski definition) is 0. The average molecular weight is 439 g/mol. The van der Waals surface area contributed by atoms with E-state index in [9.17, 15) is 0 Å². The maximum atomic E-state index is 2.56. The maximum Gasteiger partial charge on any atom is -0.0160 e. The lowest BCUT2D eigenvalue weighted by Crippen LogP contribution is -2.23. The van der Waals surface area contributed by atoms with Gasteiger partial charge in [0.05, 0.1) is 0 Å². The normalized spacial score (nSPS) is 12.4. The van der Waals surface area contributed by atoms with Gasteiger partial charge >= 0.3 is 0 Å². The smallest absolute Gasteiger partial charge is 0.0160 e. The lowest BCUT2D eigenvalue weighted by atomic mass is 9.91. The van der Waals surface area contributed by atoms with E-state index < -0.39 is 0 Å². The Kier molecular flexibility index (Phi) is 11.3. The highest BCUT2D eigenvalue weighted by Gasteiger charge is 2.22. The summed E-state index contributed by atoms with van der Waals surface area (Å²) in [4.78, 5) is 0. The molecule has 0 N–H and O–H groups in total. The monoisotopic (exact) mass is 438 g/mol. The first-order valence-corrected chi connectivity index (χ1v) is 14.5. The zero-order chi connectivity index (χ0) is 22.8. The Labute approximate surface area is 195 Å². The second-order valence-corrected chi connectivity index (χ2v) is 11.6. The Morgan fingerprint density at radius 3 is 1.77 bits per heavy atom. The fourth-order valence-electron chi connectivity index (χ4n) is 4.71. The molecular weight excluding hydrogens is 391 g/mol. The van der Waals surface area contributed by atoms with Gasteiger partial charge in [-0.2, -0.15) is 0 Å². The molecule has 0 saturated carbocycles. The van der Waals surface area contributed by atoms with E-state index in [-0.39, 0.29) is 7.92 Å². The molecule has 0 spiro atoms. The predicted molar refractivity (Wildman–Crippen MR) is 144 cm³/mol. The third-order valence-electron chi connectivity index (χ3n) is 6.92. The number of aryl methyl sites for hydroxylation is 2. The van der Waals surface area contributed by atoms with E-state index in [4.69, 9.17) is 0 Å². The quantitative estimate of drug-likeness (QED) is 0.275. The second kappa shape index (κ2) is 13.4. The number of unbranched alkanes of at least 4 members (excludes halogenated alkanes) is 3. The largest absolute Gasteiger partial charge is 0.0654 e. The molecule has 1 unspecified atom stereocenters. The van der Waals surface area contributed by atoms with Crippen LogP contribution in [0.5, 0.6) is 0 Å². The van der Waals surface area contributed by atoms with Crippen LogP contribution in [-0.2, 0) is 19.3 Å². The fraction of sp³-hybridized carbons (Fsp3) is 0.600. The molecule has 0 amide bonds. The van der Waals surface area contributed by atoms with Crippen LogP contribution in [0.2, 0.25) is 0 Å². The van der Waals surface area contributed by atoms with Crippen LogP contribution in [0.1, 0.15) is 106 Å². The van der Waals surface area contributed by atoms with Gasteiger partial charge < -0.3 is 0 Å². The van der Waals surface area contributed by atoms with Crippen LogP contribution in [0, 0.1) is 20.8 Å². The summed E-state index contributed by atoms with van der Waals surface area (Å²) in [6.45, 7) is 16.3. The Bertz CT molecular complexity index is 818. The highest BCUT2D eigenvalue weighted by molar-refractivity contribution is 7.73. The van der Waals surface area contributed by atoms with Crippen molar-refractivity contribution in [3.8, 4) is 0 Å².